The third-order valence-electron chi connectivity index (χ3n) is 4.55. The Morgan fingerprint density at radius 3 is 2.34 bits per heavy atom. The van der Waals surface area contributed by atoms with Gasteiger partial charge in [-0.1, -0.05) is 43.3 Å². The fourth-order valence-corrected chi connectivity index (χ4v) is 3.66. The molecule has 2 rings (SSSR count). The van der Waals surface area contributed by atoms with E-state index in [4.69, 9.17) is 0 Å². The standard InChI is InChI=1S/C21H27N3O4S/c1-16(17-8-5-4-6-9-17)12-13-22-20(25)15-23-21(26)18-10-7-11-19(14-18)29(27,28)24(2)3/h4-11,14,16H,12-13,15H2,1-3H3,(H,22,25)(H,23,26). The molecule has 0 aliphatic rings. The predicted molar refractivity (Wildman–Crippen MR) is 112 cm³/mol. The van der Waals surface area contributed by atoms with Crippen LogP contribution in [0.5, 0.6) is 0 Å². The molecule has 29 heavy (non-hydrogen) atoms. The van der Waals surface area contributed by atoms with Crippen LogP contribution < -0.4 is 10.6 Å². The second-order valence-electron chi connectivity index (χ2n) is 6.95. The smallest absolute Gasteiger partial charge is 0.251 e. The summed E-state index contributed by atoms with van der Waals surface area (Å²) in [6.45, 7) is 2.42. The molecule has 156 valence electrons. The van der Waals surface area contributed by atoms with Crippen LogP contribution in [0.3, 0.4) is 0 Å². The number of nitrogens with zero attached hydrogens (tertiary/aromatic N) is 1. The Hall–Kier alpha value is -2.71. The quantitative estimate of drug-likeness (QED) is 0.652. The Morgan fingerprint density at radius 1 is 1.00 bits per heavy atom. The molecule has 2 N–H and O–H groups in total. The average Bonchev–Trinajstić information content (AvgIpc) is 2.72. The Bertz CT molecular complexity index is 943. The molecule has 0 fully saturated rings. The van der Waals surface area contributed by atoms with E-state index in [0.29, 0.717) is 12.5 Å². The second-order valence-corrected chi connectivity index (χ2v) is 9.10. The van der Waals surface area contributed by atoms with Crippen LogP contribution in [0, 0.1) is 0 Å². The molecule has 0 aromatic heterocycles. The van der Waals surface area contributed by atoms with Gasteiger partial charge in [0.2, 0.25) is 15.9 Å². The van der Waals surface area contributed by atoms with Crippen molar-refractivity contribution in [2.24, 2.45) is 0 Å². The average molecular weight is 418 g/mol. The minimum atomic E-state index is -3.63. The first-order chi connectivity index (χ1) is 13.7. The molecular weight excluding hydrogens is 390 g/mol. The molecule has 1 unspecified atom stereocenters. The first-order valence-corrected chi connectivity index (χ1v) is 10.8. The highest BCUT2D eigenvalue weighted by atomic mass is 32.2. The van der Waals surface area contributed by atoms with Gasteiger partial charge in [0.25, 0.3) is 5.91 Å². The molecule has 1 atom stereocenters. The van der Waals surface area contributed by atoms with E-state index in [9.17, 15) is 18.0 Å². The molecule has 0 spiro atoms. The molecule has 2 aromatic carbocycles. The molecule has 0 saturated heterocycles. The summed E-state index contributed by atoms with van der Waals surface area (Å²) in [5, 5.41) is 5.30. The van der Waals surface area contributed by atoms with E-state index in [2.05, 4.69) is 29.7 Å². The normalized spacial score (nSPS) is 12.4. The van der Waals surface area contributed by atoms with Crippen LogP contribution in [0.4, 0.5) is 0 Å². The minimum Gasteiger partial charge on any atom is -0.355 e. The molecule has 0 heterocycles. The van der Waals surface area contributed by atoms with Gasteiger partial charge in [-0.25, -0.2) is 12.7 Å². The van der Waals surface area contributed by atoms with E-state index in [0.717, 1.165) is 10.7 Å². The topological polar surface area (TPSA) is 95.6 Å². The number of nitrogens with one attached hydrogen (secondary N) is 2. The Kier molecular flexibility index (Phi) is 7.92. The number of hydrogen-bond donors (Lipinski definition) is 2. The van der Waals surface area contributed by atoms with E-state index in [-0.39, 0.29) is 22.9 Å². The van der Waals surface area contributed by atoms with Crippen molar-refractivity contribution < 1.29 is 18.0 Å². The van der Waals surface area contributed by atoms with Crippen molar-refractivity contribution in [2.75, 3.05) is 27.2 Å². The summed E-state index contributed by atoms with van der Waals surface area (Å²) in [4.78, 5) is 24.3. The van der Waals surface area contributed by atoms with E-state index < -0.39 is 15.9 Å². The Labute approximate surface area is 172 Å². The van der Waals surface area contributed by atoms with Gasteiger partial charge in [0.15, 0.2) is 0 Å². The molecule has 2 amide bonds. The number of carbonyl (C=O) groups excluding carboxylic acids is 2. The molecule has 7 nitrogen and oxygen atoms in total. The van der Waals surface area contributed by atoms with Gasteiger partial charge < -0.3 is 10.6 Å². The van der Waals surface area contributed by atoms with Gasteiger partial charge in [0.05, 0.1) is 11.4 Å². The number of sulfonamides is 1. The highest BCUT2D eigenvalue weighted by Gasteiger charge is 2.19. The first-order valence-electron chi connectivity index (χ1n) is 9.34. The summed E-state index contributed by atoms with van der Waals surface area (Å²) in [5.74, 6) is -0.489. The highest BCUT2D eigenvalue weighted by Crippen LogP contribution is 2.17. The lowest BCUT2D eigenvalue weighted by atomic mass is 9.98. The zero-order valence-corrected chi connectivity index (χ0v) is 17.7. The summed E-state index contributed by atoms with van der Waals surface area (Å²) in [6, 6.07) is 15.8. The van der Waals surface area contributed by atoms with Gasteiger partial charge >= 0.3 is 0 Å². The lowest BCUT2D eigenvalue weighted by Gasteiger charge is -2.13. The summed E-state index contributed by atoms with van der Waals surface area (Å²) >= 11 is 0. The Balaban J connectivity index is 1.82. The van der Waals surface area contributed by atoms with Crippen molar-refractivity contribution >= 4 is 21.8 Å². The number of amides is 2. The highest BCUT2D eigenvalue weighted by molar-refractivity contribution is 7.89. The van der Waals surface area contributed by atoms with Gasteiger partial charge in [-0.2, -0.15) is 0 Å². The van der Waals surface area contributed by atoms with Crippen LogP contribution in [0.25, 0.3) is 0 Å². The maximum absolute atomic E-state index is 12.3. The number of carbonyl (C=O) groups is 2. The zero-order chi connectivity index (χ0) is 21.4. The predicted octanol–water partition coefficient (Wildman–Crippen LogP) is 1.98. The van der Waals surface area contributed by atoms with E-state index >= 15 is 0 Å². The largest absolute Gasteiger partial charge is 0.355 e. The van der Waals surface area contributed by atoms with Crippen molar-refractivity contribution in [3.8, 4) is 0 Å². The third kappa shape index (κ3) is 6.40. The summed E-state index contributed by atoms with van der Waals surface area (Å²) < 4.78 is 25.4. The summed E-state index contributed by atoms with van der Waals surface area (Å²) in [5.41, 5.74) is 1.39. The lowest BCUT2D eigenvalue weighted by molar-refractivity contribution is -0.120. The maximum Gasteiger partial charge on any atom is 0.251 e. The van der Waals surface area contributed by atoms with Gasteiger partial charge in [-0.05, 0) is 36.1 Å². The fourth-order valence-electron chi connectivity index (χ4n) is 2.71. The van der Waals surface area contributed by atoms with Crippen molar-refractivity contribution in [1.29, 1.82) is 0 Å². The Morgan fingerprint density at radius 2 is 1.69 bits per heavy atom. The number of rotatable bonds is 9. The second kappa shape index (κ2) is 10.2. The van der Waals surface area contributed by atoms with Crippen molar-refractivity contribution in [1.82, 2.24) is 14.9 Å². The van der Waals surface area contributed by atoms with Crippen LogP contribution in [-0.4, -0.2) is 51.7 Å². The van der Waals surface area contributed by atoms with Crippen LogP contribution in [0.15, 0.2) is 59.5 Å². The SMILES string of the molecule is CC(CCNC(=O)CNC(=O)c1cccc(S(=O)(=O)N(C)C)c1)c1ccccc1. The maximum atomic E-state index is 12.3. The van der Waals surface area contributed by atoms with E-state index in [1.54, 1.807) is 0 Å². The molecule has 0 radical (unpaired) electrons. The molecule has 0 aliphatic heterocycles. The van der Waals surface area contributed by atoms with Crippen LogP contribution in [0.1, 0.15) is 35.2 Å². The van der Waals surface area contributed by atoms with Gasteiger partial charge in [-0.3, -0.25) is 9.59 Å². The van der Waals surface area contributed by atoms with Crippen molar-refractivity contribution in [2.45, 2.75) is 24.2 Å². The van der Waals surface area contributed by atoms with Gasteiger partial charge in [0, 0.05) is 26.2 Å². The summed E-state index contributed by atoms with van der Waals surface area (Å²) in [7, 11) is -0.790. The molecule has 8 heteroatoms. The lowest BCUT2D eigenvalue weighted by Crippen LogP contribution is -2.37. The van der Waals surface area contributed by atoms with Crippen LogP contribution >= 0.6 is 0 Å². The van der Waals surface area contributed by atoms with Crippen molar-refractivity contribution in [3.05, 3.63) is 65.7 Å². The van der Waals surface area contributed by atoms with E-state index in [1.807, 2.05) is 18.2 Å². The minimum absolute atomic E-state index is 0.0227. The van der Waals surface area contributed by atoms with E-state index in [1.165, 1.54) is 43.9 Å². The zero-order valence-electron chi connectivity index (χ0n) is 16.9. The number of hydrogen-bond acceptors (Lipinski definition) is 4. The molecule has 0 bridgehead atoms. The molecular formula is C21H27N3O4S. The van der Waals surface area contributed by atoms with Gasteiger partial charge in [-0.15, -0.1) is 0 Å². The van der Waals surface area contributed by atoms with Gasteiger partial charge in [0.1, 0.15) is 0 Å². The summed E-state index contributed by atoms with van der Waals surface area (Å²) in [6.07, 6.45) is 0.786. The van der Waals surface area contributed by atoms with Crippen LogP contribution in [-0.2, 0) is 14.8 Å². The monoisotopic (exact) mass is 417 g/mol. The first kappa shape index (κ1) is 22.6. The molecule has 0 aliphatic carbocycles. The van der Waals surface area contributed by atoms with Crippen LogP contribution in [0.2, 0.25) is 0 Å². The fraction of sp³-hybridized carbons (Fsp3) is 0.333. The third-order valence-corrected chi connectivity index (χ3v) is 6.36. The molecule has 0 saturated carbocycles. The van der Waals surface area contributed by atoms with Crippen molar-refractivity contribution in [3.63, 3.8) is 0 Å². The molecule has 2 aromatic rings. The number of benzene rings is 2.